The fourth-order valence-electron chi connectivity index (χ4n) is 2.00. The number of methoxy groups -OCH3 is 1. The molecule has 2 aromatic heterocycles. The lowest BCUT2D eigenvalue weighted by atomic mass is 10.3. The molecule has 1 aromatic carbocycles. The third-order valence-electron chi connectivity index (χ3n) is 2.88. The summed E-state index contributed by atoms with van der Waals surface area (Å²) in [5.74, 6) is 0.578. The van der Waals surface area contributed by atoms with Crippen molar-refractivity contribution in [1.82, 2.24) is 14.5 Å². The summed E-state index contributed by atoms with van der Waals surface area (Å²) in [6.07, 6.45) is 1.58. The van der Waals surface area contributed by atoms with Gasteiger partial charge in [-0.25, -0.2) is 4.98 Å². The summed E-state index contributed by atoms with van der Waals surface area (Å²) in [4.78, 5) is 7.39. The van der Waals surface area contributed by atoms with E-state index in [2.05, 4.69) is 9.97 Å². The van der Waals surface area contributed by atoms with Crippen molar-refractivity contribution in [1.29, 1.82) is 0 Å². The number of imidazole rings is 1. The predicted octanol–water partition coefficient (Wildman–Crippen LogP) is 4.40. The summed E-state index contributed by atoms with van der Waals surface area (Å²) < 4.78 is 7.56. The smallest absolute Gasteiger partial charge is 0.184 e. The summed E-state index contributed by atoms with van der Waals surface area (Å²) in [7, 11) is 1.57. The first-order chi connectivity index (χ1) is 9.60. The number of rotatable bonds is 2. The summed E-state index contributed by atoms with van der Waals surface area (Å²) in [6, 6.07) is 7.20. The lowest BCUT2D eigenvalue weighted by Crippen LogP contribution is -1.96. The molecule has 3 rings (SSSR count). The quantitative estimate of drug-likeness (QED) is 0.710. The molecule has 0 amide bonds. The van der Waals surface area contributed by atoms with E-state index in [-0.39, 0.29) is 0 Å². The Morgan fingerprint density at radius 1 is 1.30 bits per heavy atom. The van der Waals surface area contributed by atoms with Gasteiger partial charge in [-0.15, -0.1) is 0 Å². The van der Waals surface area contributed by atoms with Crippen molar-refractivity contribution in [2.45, 2.75) is 0 Å². The zero-order valence-corrected chi connectivity index (χ0v) is 12.7. The molecule has 0 saturated heterocycles. The number of nitrogens with one attached hydrogen (secondary N) is 1. The SMILES string of the molecule is COc1cc(-n2c(=S)[nH]c3cc(Cl)cnc32)ccc1Cl. The molecule has 0 aliphatic carbocycles. The fourth-order valence-corrected chi connectivity index (χ4v) is 2.65. The van der Waals surface area contributed by atoms with E-state index in [0.717, 1.165) is 11.2 Å². The average molecular weight is 326 g/mol. The number of H-pyrrole nitrogens is 1. The van der Waals surface area contributed by atoms with Crippen molar-refractivity contribution in [3.63, 3.8) is 0 Å². The predicted molar refractivity (Wildman–Crippen MR) is 82.8 cm³/mol. The number of aromatic nitrogens is 3. The van der Waals surface area contributed by atoms with Crippen molar-refractivity contribution in [2.24, 2.45) is 0 Å². The second-order valence-corrected chi connectivity index (χ2v) is 5.34. The summed E-state index contributed by atoms with van der Waals surface area (Å²) in [6.45, 7) is 0. The second kappa shape index (κ2) is 5.09. The number of benzene rings is 1. The van der Waals surface area contributed by atoms with Gasteiger partial charge in [0, 0.05) is 12.3 Å². The van der Waals surface area contributed by atoms with Gasteiger partial charge in [0.25, 0.3) is 0 Å². The fraction of sp³-hybridized carbons (Fsp3) is 0.0769. The Kier molecular flexibility index (Phi) is 3.41. The van der Waals surface area contributed by atoms with Crippen LogP contribution in [0.5, 0.6) is 5.75 Å². The van der Waals surface area contributed by atoms with Crippen molar-refractivity contribution < 1.29 is 4.74 Å². The highest BCUT2D eigenvalue weighted by Gasteiger charge is 2.10. The normalized spacial score (nSPS) is 10.9. The van der Waals surface area contributed by atoms with E-state index in [4.69, 9.17) is 40.2 Å². The number of pyridine rings is 1. The van der Waals surface area contributed by atoms with E-state index in [1.807, 2.05) is 12.1 Å². The van der Waals surface area contributed by atoms with E-state index in [9.17, 15) is 0 Å². The largest absolute Gasteiger partial charge is 0.495 e. The van der Waals surface area contributed by atoms with Crippen LogP contribution in [-0.2, 0) is 0 Å². The van der Waals surface area contributed by atoms with Crippen LogP contribution >= 0.6 is 35.4 Å². The maximum absolute atomic E-state index is 6.04. The van der Waals surface area contributed by atoms with E-state index in [1.165, 1.54) is 0 Å². The van der Waals surface area contributed by atoms with E-state index in [1.54, 1.807) is 30.0 Å². The van der Waals surface area contributed by atoms with Gasteiger partial charge < -0.3 is 9.72 Å². The van der Waals surface area contributed by atoms with Crippen molar-refractivity contribution in [3.8, 4) is 11.4 Å². The molecular formula is C13H9Cl2N3OS. The summed E-state index contributed by atoms with van der Waals surface area (Å²) in [5, 5.41) is 1.09. The molecule has 0 atom stereocenters. The number of nitrogens with zero attached hydrogens (tertiary/aromatic N) is 2. The van der Waals surface area contributed by atoms with E-state index >= 15 is 0 Å². The molecule has 4 nitrogen and oxygen atoms in total. The molecule has 2 heterocycles. The van der Waals surface area contributed by atoms with Crippen LogP contribution in [0.15, 0.2) is 30.5 Å². The first-order valence-corrected chi connectivity index (χ1v) is 6.87. The van der Waals surface area contributed by atoms with Gasteiger partial charge >= 0.3 is 0 Å². The Balaban J connectivity index is 2.29. The van der Waals surface area contributed by atoms with Gasteiger partial charge in [0.2, 0.25) is 0 Å². The number of aromatic amines is 1. The first-order valence-electron chi connectivity index (χ1n) is 5.70. The Morgan fingerprint density at radius 3 is 2.85 bits per heavy atom. The molecule has 1 N–H and O–H groups in total. The molecule has 0 spiro atoms. The topological polar surface area (TPSA) is 42.8 Å². The Morgan fingerprint density at radius 2 is 2.10 bits per heavy atom. The van der Waals surface area contributed by atoms with Crippen LogP contribution in [0.3, 0.4) is 0 Å². The van der Waals surface area contributed by atoms with Crippen LogP contribution in [0.4, 0.5) is 0 Å². The maximum Gasteiger partial charge on any atom is 0.184 e. The number of ether oxygens (including phenoxy) is 1. The molecule has 7 heteroatoms. The van der Waals surface area contributed by atoms with Crippen LogP contribution in [0.1, 0.15) is 0 Å². The Labute approximate surface area is 129 Å². The van der Waals surface area contributed by atoms with Crippen molar-refractivity contribution in [3.05, 3.63) is 45.3 Å². The van der Waals surface area contributed by atoms with Gasteiger partial charge in [-0.3, -0.25) is 4.57 Å². The van der Waals surface area contributed by atoms with Gasteiger partial charge in [0.05, 0.1) is 28.4 Å². The van der Waals surface area contributed by atoms with Crippen LogP contribution in [0.25, 0.3) is 16.9 Å². The molecular weight excluding hydrogens is 317 g/mol. The molecule has 0 aliphatic rings. The standard InChI is InChI=1S/C13H9Cl2N3OS/c1-19-11-5-8(2-3-9(11)15)18-12-10(17-13(18)20)4-7(14)6-16-12/h2-6H,1H3,(H,17,20). The van der Waals surface area contributed by atoms with Crippen LogP contribution in [0.2, 0.25) is 10.0 Å². The number of hydrogen-bond acceptors (Lipinski definition) is 3. The minimum absolute atomic E-state index is 0.527. The van der Waals surface area contributed by atoms with Crippen molar-refractivity contribution >= 4 is 46.6 Å². The molecule has 0 fully saturated rings. The zero-order chi connectivity index (χ0) is 14.3. The van der Waals surface area contributed by atoms with Crippen LogP contribution < -0.4 is 4.74 Å². The molecule has 0 aliphatic heterocycles. The minimum Gasteiger partial charge on any atom is -0.495 e. The first kappa shape index (κ1) is 13.4. The minimum atomic E-state index is 0.527. The lowest BCUT2D eigenvalue weighted by Gasteiger charge is -2.08. The third-order valence-corrected chi connectivity index (χ3v) is 3.69. The molecule has 3 aromatic rings. The maximum atomic E-state index is 6.04. The number of fused-ring (bicyclic) bond motifs is 1. The van der Waals surface area contributed by atoms with Crippen LogP contribution in [-0.4, -0.2) is 21.6 Å². The van der Waals surface area contributed by atoms with Gasteiger partial charge in [-0.2, -0.15) is 0 Å². The Hall–Kier alpha value is -1.56. The van der Waals surface area contributed by atoms with E-state index < -0.39 is 0 Å². The van der Waals surface area contributed by atoms with E-state index in [0.29, 0.717) is 26.2 Å². The van der Waals surface area contributed by atoms with Crippen molar-refractivity contribution in [2.75, 3.05) is 7.11 Å². The van der Waals surface area contributed by atoms with Gasteiger partial charge in [0.1, 0.15) is 5.75 Å². The lowest BCUT2D eigenvalue weighted by molar-refractivity contribution is 0.415. The number of hydrogen-bond donors (Lipinski definition) is 1. The highest BCUT2D eigenvalue weighted by molar-refractivity contribution is 7.71. The summed E-state index contributed by atoms with van der Waals surface area (Å²) in [5.41, 5.74) is 2.29. The van der Waals surface area contributed by atoms with Crippen LogP contribution in [0, 0.1) is 4.77 Å². The van der Waals surface area contributed by atoms with Gasteiger partial charge in [-0.05, 0) is 30.4 Å². The molecule has 0 bridgehead atoms. The number of halogens is 2. The molecule has 102 valence electrons. The third kappa shape index (κ3) is 2.18. The zero-order valence-electron chi connectivity index (χ0n) is 10.4. The molecule has 20 heavy (non-hydrogen) atoms. The van der Waals surface area contributed by atoms with Gasteiger partial charge in [-0.1, -0.05) is 23.2 Å². The second-order valence-electron chi connectivity index (χ2n) is 4.11. The highest BCUT2D eigenvalue weighted by Crippen LogP contribution is 2.28. The molecule has 0 saturated carbocycles. The monoisotopic (exact) mass is 325 g/mol. The highest BCUT2D eigenvalue weighted by atomic mass is 35.5. The summed E-state index contributed by atoms with van der Waals surface area (Å²) >= 11 is 17.3. The van der Waals surface area contributed by atoms with Gasteiger partial charge in [0.15, 0.2) is 10.4 Å². The Bertz CT molecular complexity index is 856. The molecule has 0 unspecified atom stereocenters. The average Bonchev–Trinajstić information content (AvgIpc) is 2.74. The molecule has 0 radical (unpaired) electrons.